The van der Waals surface area contributed by atoms with Gasteiger partial charge in [-0.05, 0) is 48.1 Å². The summed E-state index contributed by atoms with van der Waals surface area (Å²) < 4.78 is 28.7. The summed E-state index contributed by atoms with van der Waals surface area (Å²) in [7, 11) is 0.369. The van der Waals surface area contributed by atoms with E-state index in [-0.39, 0.29) is 17.0 Å². The van der Waals surface area contributed by atoms with E-state index < -0.39 is 10.0 Å². The fourth-order valence-corrected chi connectivity index (χ4v) is 5.04. The highest BCUT2D eigenvalue weighted by molar-refractivity contribution is 7.89. The van der Waals surface area contributed by atoms with Crippen molar-refractivity contribution in [2.75, 3.05) is 14.1 Å². The largest absolute Gasteiger partial charge is 0.301 e. The van der Waals surface area contributed by atoms with Crippen LogP contribution in [0, 0.1) is 0 Å². The van der Waals surface area contributed by atoms with E-state index in [0.717, 1.165) is 16.3 Å². The number of likely N-dealkylation sites (N-methyl/N-ethyl adjacent to an activating group) is 1. The second-order valence-corrected chi connectivity index (χ2v) is 8.33. The Balaban J connectivity index is 1.84. The number of hydrogen-bond acceptors (Lipinski definition) is 3. The van der Waals surface area contributed by atoms with Crippen molar-refractivity contribution in [3.8, 4) is 0 Å². The van der Waals surface area contributed by atoms with E-state index in [2.05, 4.69) is 27.8 Å². The fourth-order valence-electron chi connectivity index (χ4n) is 3.79. The van der Waals surface area contributed by atoms with Crippen molar-refractivity contribution in [3.63, 3.8) is 0 Å². The van der Waals surface area contributed by atoms with Crippen molar-refractivity contribution >= 4 is 20.8 Å². The molecule has 0 aromatic heterocycles. The first-order chi connectivity index (χ1) is 12.0. The molecule has 0 fully saturated rings. The van der Waals surface area contributed by atoms with Crippen molar-refractivity contribution in [3.05, 3.63) is 77.9 Å². The smallest absolute Gasteiger partial charge is 0.241 e. The quantitative estimate of drug-likeness (QED) is 0.782. The predicted octanol–water partition coefficient (Wildman–Crippen LogP) is 3.48. The van der Waals surface area contributed by atoms with Gasteiger partial charge in [0.1, 0.15) is 0 Å². The zero-order chi connectivity index (χ0) is 17.6. The lowest BCUT2D eigenvalue weighted by atomic mass is 10.0. The Morgan fingerprint density at radius 3 is 2.12 bits per heavy atom. The molecule has 128 valence electrons. The SMILES string of the molecule is CN(C)[C@@H]1c2cccc3cccc(c23)[C@H]1NS(=O)(=O)c1ccccc1. The van der Waals surface area contributed by atoms with E-state index >= 15 is 0 Å². The van der Waals surface area contributed by atoms with Gasteiger partial charge in [-0.25, -0.2) is 13.1 Å². The maximum absolute atomic E-state index is 12.9. The van der Waals surface area contributed by atoms with Crippen LogP contribution >= 0.6 is 0 Å². The fraction of sp³-hybridized carbons (Fsp3) is 0.200. The summed E-state index contributed by atoms with van der Waals surface area (Å²) in [5, 5.41) is 2.30. The normalized spacial score (nSPS) is 19.6. The van der Waals surface area contributed by atoms with Crippen LogP contribution in [0.1, 0.15) is 23.2 Å². The highest BCUT2D eigenvalue weighted by atomic mass is 32.2. The van der Waals surface area contributed by atoms with E-state index in [4.69, 9.17) is 0 Å². The molecule has 1 aliphatic rings. The van der Waals surface area contributed by atoms with Gasteiger partial charge in [0.2, 0.25) is 10.0 Å². The van der Waals surface area contributed by atoms with Crippen molar-refractivity contribution in [2.45, 2.75) is 17.0 Å². The van der Waals surface area contributed by atoms with Gasteiger partial charge in [0.15, 0.2) is 0 Å². The molecular weight excluding hydrogens is 332 g/mol. The van der Waals surface area contributed by atoms with Crippen LogP contribution in [0.2, 0.25) is 0 Å². The van der Waals surface area contributed by atoms with E-state index in [1.165, 1.54) is 5.56 Å². The topological polar surface area (TPSA) is 49.4 Å². The third-order valence-electron chi connectivity index (χ3n) is 4.83. The Bertz CT molecular complexity index is 1020. The first-order valence-corrected chi connectivity index (χ1v) is 9.73. The maximum Gasteiger partial charge on any atom is 0.241 e. The Morgan fingerprint density at radius 2 is 1.48 bits per heavy atom. The van der Waals surface area contributed by atoms with Crippen LogP contribution in [0.5, 0.6) is 0 Å². The first-order valence-electron chi connectivity index (χ1n) is 8.24. The van der Waals surface area contributed by atoms with Crippen LogP contribution in [0.25, 0.3) is 10.8 Å². The van der Waals surface area contributed by atoms with Gasteiger partial charge in [0.05, 0.1) is 17.0 Å². The van der Waals surface area contributed by atoms with Crippen LogP contribution < -0.4 is 4.72 Å². The summed E-state index contributed by atoms with van der Waals surface area (Å²) in [6.07, 6.45) is 0. The molecule has 0 heterocycles. The Morgan fingerprint density at radius 1 is 0.840 bits per heavy atom. The first kappa shape index (κ1) is 16.3. The zero-order valence-corrected chi connectivity index (χ0v) is 15.0. The number of benzene rings is 3. The van der Waals surface area contributed by atoms with Gasteiger partial charge in [-0.15, -0.1) is 0 Å². The molecule has 0 saturated carbocycles. The molecule has 0 unspecified atom stereocenters. The Kier molecular flexibility index (Phi) is 3.87. The maximum atomic E-state index is 12.9. The molecule has 0 saturated heterocycles. The average molecular weight is 352 g/mol. The Hall–Kier alpha value is -2.21. The summed E-state index contributed by atoms with van der Waals surface area (Å²) in [6, 6.07) is 20.5. The molecule has 0 radical (unpaired) electrons. The summed E-state index contributed by atoms with van der Waals surface area (Å²) in [6.45, 7) is 0. The highest BCUT2D eigenvalue weighted by Crippen LogP contribution is 2.46. The summed E-state index contributed by atoms with van der Waals surface area (Å²) >= 11 is 0. The Labute approximate surface area is 148 Å². The third kappa shape index (κ3) is 2.65. The molecule has 0 amide bonds. The van der Waals surface area contributed by atoms with Crippen molar-refractivity contribution in [1.29, 1.82) is 0 Å². The van der Waals surface area contributed by atoms with Crippen molar-refractivity contribution < 1.29 is 8.42 Å². The van der Waals surface area contributed by atoms with Crippen molar-refractivity contribution in [2.24, 2.45) is 0 Å². The summed E-state index contributed by atoms with van der Waals surface area (Å²) in [5.74, 6) is 0. The molecule has 4 nitrogen and oxygen atoms in total. The molecule has 2 atom stereocenters. The molecule has 25 heavy (non-hydrogen) atoms. The molecule has 1 aliphatic carbocycles. The molecular formula is C20H20N2O2S. The molecule has 0 aliphatic heterocycles. The van der Waals surface area contributed by atoms with Crippen LogP contribution in [0.15, 0.2) is 71.6 Å². The zero-order valence-electron chi connectivity index (χ0n) is 14.2. The number of rotatable bonds is 4. The minimum absolute atomic E-state index is 0.0420. The average Bonchev–Trinajstić information content (AvgIpc) is 2.91. The summed E-state index contributed by atoms with van der Waals surface area (Å²) in [4.78, 5) is 2.36. The lowest BCUT2D eigenvalue weighted by molar-refractivity contribution is 0.258. The predicted molar refractivity (Wildman–Crippen MR) is 99.9 cm³/mol. The number of sulfonamides is 1. The minimum atomic E-state index is -3.60. The molecule has 0 bridgehead atoms. The van der Waals surface area contributed by atoms with Crippen LogP contribution in [0.3, 0.4) is 0 Å². The lowest BCUT2D eigenvalue weighted by Crippen LogP contribution is -2.35. The standard InChI is InChI=1S/C20H20N2O2S/c1-22(2)20-17-13-7-9-14-8-6-12-16(18(14)17)19(20)21-25(23,24)15-10-4-3-5-11-15/h3-13,19-21H,1-2H3/t19-,20-/m1/s1. The van der Waals surface area contributed by atoms with Crippen LogP contribution in [0.4, 0.5) is 0 Å². The van der Waals surface area contributed by atoms with Gasteiger partial charge in [0, 0.05) is 0 Å². The molecule has 0 spiro atoms. The molecule has 3 aromatic rings. The van der Waals surface area contributed by atoms with E-state index in [9.17, 15) is 8.42 Å². The second kappa shape index (κ2) is 5.95. The summed E-state index contributed by atoms with van der Waals surface area (Å²) in [5.41, 5.74) is 2.20. The van der Waals surface area contributed by atoms with Crippen LogP contribution in [-0.4, -0.2) is 27.4 Å². The van der Waals surface area contributed by atoms with E-state index in [0.29, 0.717) is 0 Å². The van der Waals surface area contributed by atoms with Gasteiger partial charge in [-0.1, -0.05) is 54.6 Å². The molecule has 3 aromatic carbocycles. The van der Waals surface area contributed by atoms with Gasteiger partial charge in [-0.2, -0.15) is 0 Å². The number of nitrogens with zero attached hydrogens (tertiary/aromatic N) is 1. The van der Waals surface area contributed by atoms with Gasteiger partial charge >= 0.3 is 0 Å². The molecule has 4 rings (SSSR count). The van der Waals surface area contributed by atoms with E-state index in [1.807, 2.05) is 38.4 Å². The van der Waals surface area contributed by atoms with Gasteiger partial charge in [0.25, 0.3) is 0 Å². The van der Waals surface area contributed by atoms with Crippen molar-refractivity contribution in [1.82, 2.24) is 9.62 Å². The van der Waals surface area contributed by atoms with Gasteiger partial charge in [-0.3, -0.25) is 0 Å². The number of hydrogen-bond donors (Lipinski definition) is 1. The van der Waals surface area contributed by atoms with Crippen LogP contribution in [-0.2, 0) is 10.0 Å². The molecule has 5 heteroatoms. The third-order valence-corrected chi connectivity index (χ3v) is 6.29. The molecule has 1 N–H and O–H groups in total. The second-order valence-electron chi connectivity index (χ2n) is 6.61. The monoisotopic (exact) mass is 352 g/mol. The highest BCUT2D eigenvalue weighted by Gasteiger charge is 2.38. The minimum Gasteiger partial charge on any atom is -0.301 e. The van der Waals surface area contributed by atoms with E-state index in [1.54, 1.807) is 24.3 Å². The number of nitrogens with one attached hydrogen (secondary N) is 1. The van der Waals surface area contributed by atoms with Gasteiger partial charge < -0.3 is 4.90 Å². The lowest BCUT2D eigenvalue weighted by Gasteiger charge is -2.28.